The van der Waals surface area contributed by atoms with Gasteiger partial charge in [0, 0.05) is 53.5 Å². The Kier molecular flexibility index (Phi) is 9.82. The molecule has 0 fully saturated rings. The normalized spacial score (nSPS) is 16.0. The van der Waals surface area contributed by atoms with Crippen molar-refractivity contribution in [2.24, 2.45) is 9.98 Å². The van der Waals surface area contributed by atoms with Crippen molar-refractivity contribution in [3.63, 3.8) is 0 Å². The van der Waals surface area contributed by atoms with Gasteiger partial charge in [0.25, 0.3) is 0 Å². The molecule has 2 aliphatic rings. The van der Waals surface area contributed by atoms with E-state index in [0.29, 0.717) is 13.2 Å². The van der Waals surface area contributed by atoms with Gasteiger partial charge < -0.3 is 9.47 Å². The lowest BCUT2D eigenvalue weighted by molar-refractivity contribution is 0.300. The van der Waals surface area contributed by atoms with E-state index >= 15 is 0 Å². The molecule has 3 aromatic carbocycles. The van der Waals surface area contributed by atoms with Crippen LogP contribution in [0.1, 0.15) is 105 Å². The number of hydrogen-bond acceptors (Lipinski definition) is 4. The van der Waals surface area contributed by atoms with Crippen molar-refractivity contribution in [3.8, 4) is 33.8 Å². The average molecular weight is 723 g/mol. The smallest absolute Gasteiger partial charge is 0.128 e. The summed E-state index contributed by atoms with van der Waals surface area (Å²) in [5.74, 6) is 1.73. The summed E-state index contributed by atoms with van der Waals surface area (Å²) in [6, 6.07) is 13.3. The Balaban J connectivity index is 1.70. The lowest BCUT2D eigenvalue weighted by Gasteiger charge is -2.24. The number of halogens is 2. The van der Waals surface area contributed by atoms with Crippen LogP contribution >= 0.6 is 31.9 Å². The first kappa shape index (κ1) is 32.9. The predicted molar refractivity (Wildman–Crippen MR) is 194 cm³/mol. The summed E-state index contributed by atoms with van der Waals surface area (Å²) in [6.45, 7) is 19.0. The Morgan fingerprint density at radius 3 is 1.32 bits per heavy atom. The van der Waals surface area contributed by atoms with Crippen molar-refractivity contribution < 1.29 is 9.47 Å². The summed E-state index contributed by atoms with van der Waals surface area (Å²) < 4.78 is 15.3. The zero-order valence-electron chi connectivity index (χ0n) is 27.6. The zero-order chi connectivity index (χ0) is 31.8. The second kappa shape index (κ2) is 13.1. The van der Waals surface area contributed by atoms with Gasteiger partial charge in [-0.15, -0.1) is 0 Å². The number of hydrogen-bond donors (Lipinski definition) is 0. The van der Waals surface area contributed by atoms with E-state index in [9.17, 15) is 0 Å². The first-order valence-electron chi connectivity index (χ1n) is 16.1. The fraction of sp³-hybridized carbons (Fsp3) is 0.474. The molecule has 44 heavy (non-hydrogen) atoms. The van der Waals surface area contributed by atoms with E-state index in [1.54, 1.807) is 0 Å². The minimum absolute atomic E-state index is 0.130. The lowest BCUT2D eigenvalue weighted by atomic mass is 9.80. The van der Waals surface area contributed by atoms with Crippen LogP contribution in [0.5, 0.6) is 11.5 Å². The summed E-state index contributed by atoms with van der Waals surface area (Å²) in [7, 11) is 0. The number of aliphatic imine (C=N–C) groups is 2. The lowest BCUT2D eigenvalue weighted by Crippen LogP contribution is -2.22. The molecular weight excluding hydrogens is 676 g/mol. The molecular formula is C38H46Br2N2O2. The number of ether oxygens (including phenoxy) is 2. The van der Waals surface area contributed by atoms with Gasteiger partial charge in [-0.1, -0.05) is 99.1 Å². The van der Waals surface area contributed by atoms with E-state index in [-0.39, 0.29) is 10.8 Å². The van der Waals surface area contributed by atoms with E-state index in [1.165, 1.54) is 11.1 Å². The summed E-state index contributed by atoms with van der Waals surface area (Å²) in [4.78, 5) is 9.79. The molecule has 6 heteroatoms. The van der Waals surface area contributed by atoms with Crippen molar-refractivity contribution in [1.82, 2.24) is 0 Å². The third-order valence-electron chi connectivity index (χ3n) is 9.58. The molecule has 0 radical (unpaired) electrons. The maximum absolute atomic E-state index is 6.65. The fourth-order valence-corrected chi connectivity index (χ4v) is 7.13. The molecule has 0 saturated carbocycles. The standard InChI is InChI=1S/C38H46Br2N2O2/c1-9-11-13-15-43-35-19-28(26-18-30-34(22-32(26)40)42-24(4)38(30,7)8)36(44-16-14-12-10-2)20-27(35)25-17-29-33(21-31(25)39)41-23(3)37(29,5)6/h17-22H,9-16H2,1-8H3. The van der Waals surface area contributed by atoms with Gasteiger partial charge in [0.1, 0.15) is 11.5 Å². The largest absolute Gasteiger partial charge is 0.493 e. The Morgan fingerprint density at radius 1 is 0.568 bits per heavy atom. The molecule has 3 aromatic rings. The van der Waals surface area contributed by atoms with E-state index in [4.69, 9.17) is 19.5 Å². The second-order valence-electron chi connectivity index (χ2n) is 13.3. The van der Waals surface area contributed by atoms with Gasteiger partial charge in [0.2, 0.25) is 0 Å². The first-order chi connectivity index (χ1) is 20.9. The molecule has 5 rings (SSSR count). The third-order valence-corrected chi connectivity index (χ3v) is 10.9. The van der Waals surface area contributed by atoms with Crippen LogP contribution in [0, 0.1) is 0 Å². The van der Waals surface area contributed by atoms with Gasteiger partial charge in [0.05, 0.1) is 24.6 Å². The van der Waals surface area contributed by atoms with Crippen LogP contribution < -0.4 is 9.47 Å². The molecule has 0 amide bonds. The van der Waals surface area contributed by atoms with Crippen molar-refractivity contribution in [3.05, 3.63) is 56.5 Å². The van der Waals surface area contributed by atoms with Crippen LogP contribution in [0.25, 0.3) is 22.3 Å². The highest BCUT2D eigenvalue weighted by molar-refractivity contribution is 9.11. The second-order valence-corrected chi connectivity index (χ2v) is 15.0. The molecule has 0 aliphatic carbocycles. The maximum atomic E-state index is 6.65. The number of nitrogens with zero attached hydrogens (tertiary/aromatic N) is 2. The first-order valence-corrected chi connectivity index (χ1v) is 17.7. The van der Waals surface area contributed by atoms with Gasteiger partial charge in [-0.25, -0.2) is 0 Å². The van der Waals surface area contributed by atoms with Crippen LogP contribution in [0.15, 0.2) is 55.3 Å². The molecule has 0 aromatic heterocycles. The van der Waals surface area contributed by atoms with Crippen LogP contribution in [-0.4, -0.2) is 24.6 Å². The topological polar surface area (TPSA) is 43.2 Å². The van der Waals surface area contributed by atoms with Crippen molar-refractivity contribution >= 4 is 54.7 Å². The van der Waals surface area contributed by atoms with E-state index in [1.807, 2.05) is 0 Å². The monoisotopic (exact) mass is 720 g/mol. The molecule has 0 spiro atoms. The van der Waals surface area contributed by atoms with Crippen molar-refractivity contribution in [2.75, 3.05) is 13.2 Å². The zero-order valence-corrected chi connectivity index (χ0v) is 30.8. The summed E-state index contributed by atoms with van der Waals surface area (Å²) >= 11 is 7.82. The minimum atomic E-state index is -0.130. The van der Waals surface area contributed by atoms with Gasteiger partial charge in [-0.2, -0.15) is 0 Å². The van der Waals surface area contributed by atoms with E-state index in [0.717, 1.165) is 104 Å². The number of fused-ring (bicyclic) bond motifs is 2. The molecule has 0 bridgehead atoms. The number of rotatable bonds is 12. The molecule has 4 nitrogen and oxygen atoms in total. The van der Waals surface area contributed by atoms with Crippen LogP contribution in [-0.2, 0) is 10.8 Å². The highest BCUT2D eigenvalue weighted by Gasteiger charge is 2.35. The Labute approximate surface area is 281 Å². The molecule has 2 aliphatic heterocycles. The summed E-state index contributed by atoms with van der Waals surface area (Å²) in [6.07, 6.45) is 6.60. The van der Waals surface area contributed by atoms with Crippen LogP contribution in [0.4, 0.5) is 11.4 Å². The third kappa shape index (κ3) is 6.18. The van der Waals surface area contributed by atoms with E-state index < -0.39 is 0 Å². The van der Waals surface area contributed by atoms with Gasteiger partial charge in [-0.3, -0.25) is 9.98 Å². The molecule has 0 saturated heterocycles. The van der Waals surface area contributed by atoms with Crippen LogP contribution in [0.2, 0.25) is 0 Å². The Morgan fingerprint density at radius 2 is 0.955 bits per heavy atom. The van der Waals surface area contributed by atoms with Gasteiger partial charge in [0.15, 0.2) is 0 Å². The maximum Gasteiger partial charge on any atom is 0.128 e. The van der Waals surface area contributed by atoms with Crippen molar-refractivity contribution in [1.29, 1.82) is 0 Å². The molecule has 234 valence electrons. The minimum Gasteiger partial charge on any atom is -0.493 e. The average Bonchev–Trinajstić information content (AvgIpc) is 3.33. The Bertz CT molecular complexity index is 1510. The van der Waals surface area contributed by atoms with Gasteiger partial charge in [-0.05, 0) is 74.2 Å². The molecule has 0 atom stereocenters. The molecule has 2 heterocycles. The highest BCUT2D eigenvalue weighted by Crippen LogP contribution is 2.51. The number of benzene rings is 3. The predicted octanol–water partition coefficient (Wildman–Crippen LogP) is 12.5. The summed E-state index contributed by atoms with van der Waals surface area (Å²) in [5.41, 5.74) is 10.8. The SMILES string of the molecule is CCCCCOc1cc(-c2cc3c(cc2Br)N=C(C)C3(C)C)c(OCCCCC)cc1-c1cc2c(cc1Br)N=C(C)C2(C)C. The Hall–Kier alpha value is -2.44. The highest BCUT2D eigenvalue weighted by atomic mass is 79.9. The quantitative estimate of drug-likeness (QED) is 0.175. The van der Waals surface area contributed by atoms with Crippen molar-refractivity contribution in [2.45, 2.75) is 105 Å². The molecule has 0 unspecified atom stereocenters. The van der Waals surface area contributed by atoms with Crippen LogP contribution in [0.3, 0.4) is 0 Å². The molecule has 0 N–H and O–H groups in total. The van der Waals surface area contributed by atoms with E-state index in [2.05, 4.69) is 124 Å². The fourth-order valence-electron chi connectivity index (χ4n) is 6.04. The number of unbranched alkanes of at least 4 members (excludes halogenated alkanes) is 4. The van der Waals surface area contributed by atoms with Gasteiger partial charge >= 0.3 is 0 Å². The summed E-state index contributed by atoms with van der Waals surface area (Å²) in [5, 5.41) is 0.